The van der Waals surface area contributed by atoms with Crippen LogP contribution >= 0.6 is 0 Å². The number of amides is 1. The highest BCUT2D eigenvalue weighted by molar-refractivity contribution is 7.89. The van der Waals surface area contributed by atoms with Crippen LogP contribution < -0.4 is 19.5 Å². The van der Waals surface area contributed by atoms with E-state index in [1.165, 1.54) is 4.31 Å². The maximum absolute atomic E-state index is 12.8. The van der Waals surface area contributed by atoms with Gasteiger partial charge in [0.15, 0.2) is 11.5 Å². The predicted octanol–water partition coefficient (Wildman–Crippen LogP) is 1.38. The lowest BCUT2D eigenvalue weighted by Crippen LogP contribution is -2.50. The van der Waals surface area contributed by atoms with Gasteiger partial charge in [-0.25, -0.2) is 8.42 Å². The molecule has 10 heteroatoms. The molecular weight excluding hydrogens is 446 g/mol. The molecule has 1 N–H and O–H groups in total. The summed E-state index contributed by atoms with van der Waals surface area (Å²) in [6, 6.07) is 11.8. The number of hydrogen-bond donors (Lipinski definition) is 1. The molecule has 1 amide bonds. The molecule has 2 aromatic carbocycles. The molecule has 0 aliphatic carbocycles. The zero-order valence-electron chi connectivity index (χ0n) is 19.2. The SMILES string of the molecule is COc1ccc(S(=O)(=O)N2CCN(CCNC(=O)Cc3ccc(OC)c(OC)c3)CC2)cc1. The molecule has 33 heavy (non-hydrogen) atoms. The van der Waals surface area contributed by atoms with Crippen LogP contribution in [0, 0.1) is 0 Å². The van der Waals surface area contributed by atoms with Gasteiger partial charge in [0.1, 0.15) is 5.75 Å². The Kier molecular flexibility index (Phi) is 8.54. The number of benzene rings is 2. The molecule has 0 aromatic heterocycles. The molecule has 0 bridgehead atoms. The number of piperazine rings is 1. The fourth-order valence-electron chi connectivity index (χ4n) is 3.68. The molecule has 9 nitrogen and oxygen atoms in total. The zero-order chi connectivity index (χ0) is 23.8. The lowest BCUT2D eigenvalue weighted by Gasteiger charge is -2.34. The highest BCUT2D eigenvalue weighted by Gasteiger charge is 2.28. The second-order valence-corrected chi connectivity index (χ2v) is 9.58. The topological polar surface area (TPSA) is 97.4 Å². The lowest BCUT2D eigenvalue weighted by molar-refractivity contribution is -0.120. The fraction of sp³-hybridized carbons (Fsp3) is 0.435. The van der Waals surface area contributed by atoms with E-state index in [9.17, 15) is 13.2 Å². The maximum Gasteiger partial charge on any atom is 0.243 e. The van der Waals surface area contributed by atoms with Crippen molar-refractivity contribution >= 4 is 15.9 Å². The number of sulfonamides is 1. The Balaban J connectivity index is 1.42. The monoisotopic (exact) mass is 477 g/mol. The zero-order valence-corrected chi connectivity index (χ0v) is 20.1. The summed E-state index contributed by atoms with van der Waals surface area (Å²) in [6.07, 6.45) is 0.244. The Morgan fingerprint density at radius 3 is 2.18 bits per heavy atom. The van der Waals surface area contributed by atoms with Crippen molar-refractivity contribution in [3.8, 4) is 17.2 Å². The van der Waals surface area contributed by atoms with Crippen molar-refractivity contribution in [3.05, 3.63) is 48.0 Å². The second-order valence-electron chi connectivity index (χ2n) is 7.64. The van der Waals surface area contributed by atoms with Crippen molar-refractivity contribution in [1.29, 1.82) is 0 Å². The van der Waals surface area contributed by atoms with Gasteiger partial charge in [0.25, 0.3) is 0 Å². The number of carbonyl (C=O) groups is 1. The highest BCUT2D eigenvalue weighted by atomic mass is 32.2. The molecule has 180 valence electrons. The molecule has 2 aromatic rings. The van der Waals surface area contributed by atoms with E-state index in [2.05, 4.69) is 10.2 Å². The Morgan fingerprint density at radius 1 is 0.909 bits per heavy atom. The maximum atomic E-state index is 12.8. The van der Waals surface area contributed by atoms with Crippen LogP contribution in [0.4, 0.5) is 0 Å². The summed E-state index contributed by atoms with van der Waals surface area (Å²) in [4.78, 5) is 14.7. The molecule has 1 fully saturated rings. The van der Waals surface area contributed by atoms with E-state index in [-0.39, 0.29) is 17.2 Å². The minimum absolute atomic E-state index is 0.0806. The molecule has 3 rings (SSSR count). The van der Waals surface area contributed by atoms with Crippen molar-refractivity contribution < 1.29 is 27.4 Å². The quantitative estimate of drug-likeness (QED) is 0.552. The number of carbonyl (C=O) groups excluding carboxylic acids is 1. The summed E-state index contributed by atoms with van der Waals surface area (Å²) in [7, 11) is 1.14. The number of nitrogens with one attached hydrogen (secondary N) is 1. The van der Waals surface area contributed by atoms with Gasteiger partial charge in [-0.3, -0.25) is 9.69 Å². The number of methoxy groups -OCH3 is 3. The summed E-state index contributed by atoms with van der Waals surface area (Å²) in [5.74, 6) is 1.75. The van der Waals surface area contributed by atoms with Gasteiger partial charge < -0.3 is 19.5 Å². The van der Waals surface area contributed by atoms with Crippen molar-refractivity contribution in [3.63, 3.8) is 0 Å². The first-order valence-electron chi connectivity index (χ1n) is 10.7. The molecule has 1 heterocycles. The molecule has 0 unspecified atom stereocenters. The Hall–Kier alpha value is -2.82. The van der Waals surface area contributed by atoms with Gasteiger partial charge in [-0.05, 0) is 42.0 Å². The number of nitrogens with zero attached hydrogens (tertiary/aromatic N) is 2. The van der Waals surface area contributed by atoms with Crippen LogP contribution in [0.15, 0.2) is 47.4 Å². The molecule has 1 saturated heterocycles. The van der Waals surface area contributed by atoms with Gasteiger partial charge in [0.2, 0.25) is 15.9 Å². The number of rotatable bonds is 10. The smallest absolute Gasteiger partial charge is 0.243 e. The van der Waals surface area contributed by atoms with E-state index in [4.69, 9.17) is 14.2 Å². The van der Waals surface area contributed by atoms with E-state index in [0.29, 0.717) is 56.5 Å². The number of ether oxygens (including phenoxy) is 3. The van der Waals surface area contributed by atoms with E-state index >= 15 is 0 Å². The minimum atomic E-state index is -3.53. The first-order valence-corrected chi connectivity index (χ1v) is 12.2. The van der Waals surface area contributed by atoms with Crippen LogP contribution in [0.5, 0.6) is 17.2 Å². The van der Waals surface area contributed by atoms with Crippen molar-refractivity contribution in [1.82, 2.24) is 14.5 Å². The van der Waals surface area contributed by atoms with Gasteiger partial charge in [0, 0.05) is 39.3 Å². The van der Waals surface area contributed by atoms with Crippen molar-refractivity contribution in [2.75, 3.05) is 60.6 Å². The third kappa shape index (κ3) is 6.37. The van der Waals surface area contributed by atoms with Crippen LogP contribution in [-0.2, 0) is 21.2 Å². The molecular formula is C23H31N3O6S. The normalized spacial score (nSPS) is 15.1. The summed E-state index contributed by atoms with van der Waals surface area (Å²) >= 11 is 0. The van der Waals surface area contributed by atoms with E-state index in [1.54, 1.807) is 57.7 Å². The summed E-state index contributed by atoms with van der Waals surface area (Å²) < 4.78 is 42.8. The highest BCUT2D eigenvalue weighted by Crippen LogP contribution is 2.27. The van der Waals surface area contributed by atoms with Crippen LogP contribution in [0.25, 0.3) is 0 Å². The largest absolute Gasteiger partial charge is 0.497 e. The molecule has 0 atom stereocenters. The number of hydrogen-bond acceptors (Lipinski definition) is 7. The Labute approximate surface area is 195 Å². The van der Waals surface area contributed by atoms with Crippen LogP contribution in [0.3, 0.4) is 0 Å². The van der Waals surface area contributed by atoms with Gasteiger partial charge in [-0.15, -0.1) is 0 Å². The first-order chi connectivity index (χ1) is 15.9. The van der Waals surface area contributed by atoms with Crippen LogP contribution in [0.2, 0.25) is 0 Å². The Bertz CT molecular complexity index is 1030. The van der Waals surface area contributed by atoms with Crippen LogP contribution in [-0.4, -0.2) is 84.1 Å². The minimum Gasteiger partial charge on any atom is -0.497 e. The van der Waals surface area contributed by atoms with Crippen molar-refractivity contribution in [2.24, 2.45) is 0 Å². The molecule has 1 aliphatic rings. The summed E-state index contributed by atoms with van der Waals surface area (Å²) in [5, 5.41) is 2.93. The third-order valence-electron chi connectivity index (χ3n) is 5.59. The molecule has 0 radical (unpaired) electrons. The average Bonchev–Trinajstić information content (AvgIpc) is 2.84. The second kappa shape index (κ2) is 11.4. The summed E-state index contributed by atoms with van der Waals surface area (Å²) in [6.45, 7) is 3.20. The fourth-order valence-corrected chi connectivity index (χ4v) is 5.10. The van der Waals surface area contributed by atoms with Gasteiger partial charge >= 0.3 is 0 Å². The van der Waals surface area contributed by atoms with Crippen LogP contribution in [0.1, 0.15) is 5.56 Å². The lowest BCUT2D eigenvalue weighted by atomic mass is 10.1. The van der Waals surface area contributed by atoms with Gasteiger partial charge in [-0.2, -0.15) is 4.31 Å². The van der Waals surface area contributed by atoms with Gasteiger partial charge in [0.05, 0.1) is 32.6 Å². The van der Waals surface area contributed by atoms with Gasteiger partial charge in [-0.1, -0.05) is 6.07 Å². The standard InChI is InChI=1S/C23H31N3O6S/c1-30-19-5-7-20(8-6-19)33(28,29)26-14-12-25(13-15-26)11-10-24-23(27)17-18-4-9-21(31-2)22(16-18)32-3/h4-9,16H,10-15,17H2,1-3H3,(H,24,27). The van der Waals surface area contributed by atoms with E-state index < -0.39 is 10.0 Å². The molecule has 0 saturated carbocycles. The molecule has 0 spiro atoms. The first kappa shape index (κ1) is 24.8. The Morgan fingerprint density at radius 2 is 1.58 bits per heavy atom. The third-order valence-corrected chi connectivity index (χ3v) is 7.50. The van der Waals surface area contributed by atoms with E-state index in [1.807, 2.05) is 6.07 Å². The molecule has 1 aliphatic heterocycles. The summed E-state index contributed by atoms with van der Waals surface area (Å²) in [5.41, 5.74) is 0.836. The van der Waals surface area contributed by atoms with E-state index in [0.717, 1.165) is 5.56 Å². The van der Waals surface area contributed by atoms with Crippen molar-refractivity contribution in [2.45, 2.75) is 11.3 Å². The average molecular weight is 478 g/mol. The predicted molar refractivity (Wildman–Crippen MR) is 124 cm³/mol.